The number of benzene rings is 1. The summed E-state index contributed by atoms with van der Waals surface area (Å²) in [5, 5.41) is 11.1. The Kier molecular flexibility index (Phi) is 14.0. The van der Waals surface area contributed by atoms with Crippen molar-refractivity contribution in [3.63, 3.8) is 0 Å². The number of nitrogens with one attached hydrogen (secondary N) is 4. The molecule has 2 rings (SSSR count). The number of ether oxygens (including phenoxy) is 3. The standard InChI is InChI=1S/C33H50N4O8/c1-9-43-26(38)16-15-24(20-23-17-18-34-28(23)39)35-29(40)25(19-22-13-11-10-12-14-22)36-30(41)27(21(2)44-32(3,4)5)37-31(42)45-33(6,7)8/h10-16,21,23-25,27H,9,17-20H2,1-8H3,(H,34,39)(H,35,40)(H,36,41)(H,37,42). The highest BCUT2D eigenvalue weighted by atomic mass is 16.6. The van der Waals surface area contributed by atoms with Gasteiger partial charge in [-0.2, -0.15) is 0 Å². The molecule has 1 aromatic rings. The van der Waals surface area contributed by atoms with Crippen molar-refractivity contribution < 1.29 is 38.2 Å². The smallest absolute Gasteiger partial charge is 0.408 e. The van der Waals surface area contributed by atoms with E-state index in [4.69, 9.17) is 14.2 Å². The van der Waals surface area contributed by atoms with E-state index in [0.29, 0.717) is 13.0 Å². The highest BCUT2D eigenvalue weighted by Crippen LogP contribution is 2.18. The molecule has 0 aromatic heterocycles. The van der Waals surface area contributed by atoms with Gasteiger partial charge in [0.2, 0.25) is 17.7 Å². The Morgan fingerprint density at radius 3 is 2.20 bits per heavy atom. The fourth-order valence-corrected chi connectivity index (χ4v) is 4.81. The molecule has 5 unspecified atom stereocenters. The number of amides is 4. The van der Waals surface area contributed by atoms with Crippen molar-refractivity contribution in [1.82, 2.24) is 21.3 Å². The van der Waals surface area contributed by atoms with Crippen molar-refractivity contribution in [2.45, 2.75) is 110 Å². The van der Waals surface area contributed by atoms with Crippen molar-refractivity contribution in [2.24, 2.45) is 5.92 Å². The number of hydrogen-bond acceptors (Lipinski definition) is 8. The van der Waals surface area contributed by atoms with Crippen molar-refractivity contribution >= 4 is 29.8 Å². The number of hydrogen-bond donors (Lipinski definition) is 4. The highest BCUT2D eigenvalue weighted by Gasteiger charge is 2.35. The van der Waals surface area contributed by atoms with Gasteiger partial charge in [-0.15, -0.1) is 0 Å². The van der Waals surface area contributed by atoms with E-state index in [9.17, 15) is 24.0 Å². The molecule has 0 saturated carbocycles. The van der Waals surface area contributed by atoms with E-state index in [1.165, 1.54) is 12.2 Å². The first-order chi connectivity index (χ1) is 21.0. The molecule has 5 atom stereocenters. The van der Waals surface area contributed by atoms with Gasteiger partial charge in [0.05, 0.1) is 18.3 Å². The van der Waals surface area contributed by atoms with Gasteiger partial charge in [0.25, 0.3) is 0 Å². The molecule has 1 aliphatic heterocycles. The van der Waals surface area contributed by atoms with E-state index >= 15 is 0 Å². The average molecular weight is 631 g/mol. The van der Waals surface area contributed by atoms with Gasteiger partial charge < -0.3 is 35.5 Å². The molecular weight excluding hydrogens is 580 g/mol. The van der Waals surface area contributed by atoms with Crippen LogP contribution in [0.2, 0.25) is 0 Å². The number of rotatable bonds is 14. The second-order valence-electron chi connectivity index (χ2n) is 13.0. The highest BCUT2D eigenvalue weighted by molar-refractivity contribution is 5.92. The second kappa shape index (κ2) is 17.0. The number of carbonyl (C=O) groups excluding carboxylic acids is 5. The largest absolute Gasteiger partial charge is 0.463 e. The predicted molar refractivity (Wildman–Crippen MR) is 169 cm³/mol. The van der Waals surface area contributed by atoms with Gasteiger partial charge in [0.15, 0.2) is 0 Å². The Labute approximate surface area is 266 Å². The molecule has 4 amide bonds. The summed E-state index contributed by atoms with van der Waals surface area (Å²) >= 11 is 0. The maximum absolute atomic E-state index is 13.8. The van der Waals surface area contributed by atoms with Crippen LogP contribution in [0.4, 0.5) is 4.79 Å². The monoisotopic (exact) mass is 630 g/mol. The molecule has 0 spiro atoms. The molecule has 1 saturated heterocycles. The van der Waals surface area contributed by atoms with Gasteiger partial charge in [-0.3, -0.25) is 14.4 Å². The summed E-state index contributed by atoms with van der Waals surface area (Å²) in [6.45, 7) is 14.7. The van der Waals surface area contributed by atoms with Gasteiger partial charge in [0.1, 0.15) is 17.7 Å². The van der Waals surface area contributed by atoms with Crippen LogP contribution in [0, 0.1) is 5.92 Å². The molecule has 0 aliphatic carbocycles. The van der Waals surface area contributed by atoms with Crippen molar-refractivity contribution in [2.75, 3.05) is 13.2 Å². The molecule has 0 radical (unpaired) electrons. The zero-order valence-corrected chi connectivity index (χ0v) is 27.7. The van der Waals surface area contributed by atoms with Crippen molar-refractivity contribution in [1.29, 1.82) is 0 Å². The maximum Gasteiger partial charge on any atom is 0.408 e. The minimum absolute atomic E-state index is 0.128. The Bertz CT molecular complexity index is 1190. The molecule has 45 heavy (non-hydrogen) atoms. The summed E-state index contributed by atoms with van der Waals surface area (Å²) in [5.41, 5.74) is -0.668. The van der Waals surface area contributed by atoms with E-state index in [0.717, 1.165) is 5.56 Å². The van der Waals surface area contributed by atoms with Crippen LogP contribution in [-0.2, 0) is 39.8 Å². The molecule has 0 bridgehead atoms. The molecule has 1 heterocycles. The quantitative estimate of drug-likeness (QED) is 0.180. The first kappa shape index (κ1) is 37.3. The van der Waals surface area contributed by atoms with E-state index in [-0.39, 0.29) is 31.3 Å². The first-order valence-electron chi connectivity index (χ1n) is 15.4. The summed E-state index contributed by atoms with van der Waals surface area (Å²) in [5.74, 6) is -2.25. The van der Waals surface area contributed by atoms with Gasteiger partial charge in [-0.25, -0.2) is 9.59 Å². The number of esters is 1. The van der Waals surface area contributed by atoms with Crippen LogP contribution >= 0.6 is 0 Å². The Hall–Kier alpha value is -3.93. The van der Waals surface area contributed by atoms with Crippen LogP contribution < -0.4 is 21.3 Å². The average Bonchev–Trinajstić information content (AvgIpc) is 3.32. The van der Waals surface area contributed by atoms with Crippen LogP contribution in [0.1, 0.15) is 73.8 Å². The fourth-order valence-electron chi connectivity index (χ4n) is 4.81. The number of alkyl carbamates (subject to hydrolysis) is 1. The third kappa shape index (κ3) is 14.1. The van der Waals surface area contributed by atoms with Crippen LogP contribution in [0.5, 0.6) is 0 Å². The first-order valence-corrected chi connectivity index (χ1v) is 15.4. The van der Waals surface area contributed by atoms with Crippen molar-refractivity contribution in [3.05, 3.63) is 48.0 Å². The third-order valence-corrected chi connectivity index (χ3v) is 6.66. The molecule has 1 aromatic carbocycles. The van der Waals surface area contributed by atoms with E-state index in [2.05, 4.69) is 21.3 Å². The van der Waals surface area contributed by atoms with Gasteiger partial charge in [-0.05, 0) is 73.8 Å². The summed E-state index contributed by atoms with van der Waals surface area (Å²) in [6.07, 6.45) is 2.08. The molecule has 4 N–H and O–H groups in total. The van der Waals surface area contributed by atoms with Gasteiger partial charge in [-0.1, -0.05) is 36.4 Å². The lowest BCUT2D eigenvalue weighted by atomic mass is 9.97. The molecule has 12 nitrogen and oxygen atoms in total. The summed E-state index contributed by atoms with van der Waals surface area (Å²) in [7, 11) is 0. The predicted octanol–water partition coefficient (Wildman–Crippen LogP) is 2.94. The van der Waals surface area contributed by atoms with Crippen LogP contribution in [-0.4, -0.2) is 78.4 Å². The molecular formula is C33H50N4O8. The number of carbonyl (C=O) groups is 5. The van der Waals surface area contributed by atoms with Gasteiger partial charge >= 0.3 is 12.1 Å². The summed E-state index contributed by atoms with van der Waals surface area (Å²) < 4.78 is 16.4. The van der Waals surface area contributed by atoms with E-state index in [1.54, 1.807) is 34.6 Å². The summed E-state index contributed by atoms with van der Waals surface area (Å²) in [4.78, 5) is 64.7. The minimum Gasteiger partial charge on any atom is -0.463 e. The molecule has 1 aliphatic rings. The zero-order valence-electron chi connectivity index (χ0n) is 27.7. The van der Waals surface area contributed by atoms with Crippen molar-refractivity contribution in [3.8, 4) is 0 Å². The van der Waals surface area contributed by atoms with E-state index in [1.807, 2.05) is 51.1 Å². The Balaban J connectivity index is 2.36. The molecule has 1 fully saturated rings. The lowest BCUT2D eigenvalue weighted by molar-refractivity contribution is -0.137. The summed E-state index contributed by atoms with van der Waals surface area (Å²) in [6, 6.07) is 6.15. The molecule has 12 heteroatoms. The topological polar surface area (TPSA) is 161 Å². The second-order valence-corrected chi connectivity index (χ2v) is 13.0. The van der Waals surface area contributed by atoms with Crippen LogP contribution in [0.25, 0.3) is 0 Å². The lowest BCUT2D eigenvalue weighted by Gasteiger charge is -2.32. The normalized spacial score (nSPS) is 17.9. The minimum atomic E-state index is -1.20. The lowest BCUT2D eigenvalue weighted by Crippen LogP contribution is -2.59. The molecule has 250 valence electrons. The van der Waals surface area contributed by atoms with Gasteiger partial charge in [0, 0.05) is 31.0 Å². The SMILES string of the molecule is CCOC(=O)C=CC(CC1CCNC1=O)NC(=O)C(Cc1ccccc1)NC(=O)C(NC(=O)OC(C)(C)C)C(C)OC(C)(C)C. The zero-order chi connectivity index (χ0) is 33.8. The van der Waals surface area contributed by atoms with Crippen LogP contribution in [0.15, 0.2) is 42.5 Å². The third-order valence-electron chi connectivity index (χ3n) is 6.66. The van der Waals surface area contributed by atoms with E-state index < -0.39 is 59.3 Å². The van der Waals surface area contributed by atoms with Crippen LogP contribution in [0.3, 0.4) is 0 Å². The Morgan fingerprint density at radius 1 is 0.978 bits per heavy atom. The maximum atomic E-state index is 13.8. The fraction of sp³-hybridized carbons (Fsp3) is 0.606. The Morgan fingerprint density at radius 2 is 1.64 bits per heavy atom.